The summed E-state index contributed by atoms with van der Waals surface area (Å²) in [5.74, 6) is -0.156. The van der Waals surface area contributed by atoms with Crippen LogP contribution in [0.1, 0.15) is 39.9 Å². The van der Waals surface area contributed by atoms with Crippen molar-refractivity contribution in [1.29, 1.82) is 0 Å². The maximum atomic E-state index is 12.6. The van der Waals surface area contributed by atoms with Crippen LogP contribution in [0.3, 0.4) is 0 Å². The number of imide groups is 1. The van der Waals surface area contributed by atoms with Gasteiger partial charge in [0.05, 0.1) is 4.88 Å². The molecule has 2 N–H and O–H groups in total. The molecule has 1 aromatic rings. The molecule has 2 saturated heterocycles. The molecule has 7 heteroatoms. The van der Waals surface area contributed by atoms with E-state index < -0.39 is 11.6 Å². The third-order valence-electron chi connectivity index (χ3n) is 5.05. The summed E-state index contributed by atoms with van der Waals surface area (Å²) in [6.45, 7) is 7.01. The summed E-state index contributed by atoms with van der Waals surface area (Å²) in [5.41, 5.74) is 0.286. The number of aryl methyl sites for hydroxylation is 2. The van der Waals surface area contributed by atoms with Gasteiger partial charge in [-0.2, -0.15) is 0 Å². The lowest BCUT2D eigenvalue weighted by Gasteiger charge is -2.38. The first-order valence-corrected chi connectivity index (χ1v) is 8.63. The van der Waals surface area contributed by atoms with E-state index in [4.69, 9.17) is 0 Å². The molecule has 0 bridgehead atoms. The number of hydrogen-bond donors (Lipinski definition) is 2. The van der Waals surface area contributed by atoms with E-state index in [0.717, 1.165) is 10.4 Å². The Bertz CT molecular complexity index is 657. The summed E-state index contributed by atoms with van der Waals surface area (Å²) in [6, 6.07) is 1.51. The Morgan fingerprint density at radius 2 is 1.96 bits per heavy atom. The predicted molar refractivity (Wildman–Crippen MR) is 87.5 cm³/mol. The fourth-order valence-electron chi connectivity index (χ4n) is 3.34. The molecular weight excluding hydrogens is 314 g/mol. The van der Waals surface area contributed by atoms with Crippen molar-refractivity contribution < 1.29 is 14.4 Å². The molecule has 4 amide bonds. The van der Waals surface area contributed by atoms with Gasteiger partial charge in [0.25, 0.3) is 11.8 Å². The molecule has 1 aromatic heterocycles. The van der Waals surface area contributed by atoms with E-state index >= 15 is 0 Å². The number of piperidine rings is 1. The number of thiophene rings is 1. The van der Waals surface area contributed by atoms with E-state index in [1.165, 1.54) is 16.2 Å². The van der Waals surface area contributed by atoms with Crippen molar-refractivity contribution in [3.8, 4) is 0 Å². The normalized spacial score (nSPS) is 25.4. The Labute approximate surface area is 139 Å². The van der Waals surface area contributed by atoms with E-state index in [1.54, 1.807) is 6.92 Å². The van der Waals surface area contributed by atoms with Crippen molar-refractivity contribution in [1.82, 2.24) is 15.5 Å². The lowest BCUT2D eigenvalue weighted by Crippen LogP contribution is -2.54. The molecule has 0 aliphatic carbocycles. The van der Waals surface area contributed by atoms with Crippen molar-refractivity contribution in [2.24, 2.45) is 5.92 Å². The SMILES string of the molecule is Cc1cc(C(=O)N2CCC(C3(C)NC(=O)NC3=O)CC2)sc1C. The van der Waals surface area contributed by atoms with Crippen molar-refractivity contribution >= 4 is 29.2 Å². The zero-order valence-corrected chi connectivity index (χ0v) is 14.4. The molecule has 6 nitrogen and oxygen atoms in total. The Balaban J connectivity index is 1.65. The molecule has 23 heavy (non-hydrogen) atoms. The van der Waals surface area contributed by atoms with Gasteiger partial charge in [0.1, 0.15) is 5.54 Å². The minimum atomic E-state index is -0.859. The quantitative estimate of drug-likeness (QED) is 0.809. The first kappa shape index (κ1) is 16.0. The minimum Gasteiger partial charge on any atom is -0.338 e. The summed E-state index contributed by atoms with van der Waals surface area (Å²) in [5, 5.41) is 5.04. The summed E-state index contributed by atoms with van der Waals surface area (Å²) in [7, 11) is 0. The fourth-order valence-corrected chi connectivity index (χ4v) is 4.34. The summed E-state index contributed by atoms with van der Waals surface area (Å²) in [6.07, 6.45) is 1.42. The van der Waals surface area contributed by atoms with Crippen LogP contribution in [0, 0.1) is 19.8 Å². The summed E-state index contributed by atoms with van der Waals surface area (Å²) >= 11 is 1.53. The van der Waals surface area contributed by atoms with Gasteiger partial charge in [-0.1, -0.05) is 0 Å². The van der Waals surface area contributed by atoms with Crippen LogP contribution < -0.4 is 10.6 Å². The Hall–Kier alpha value is -1.89. The van der Waals surface area contributed by atoms with E-state index in [2.05, 4.69) is 10.6 Å². The van der Waals surface area contributed by atoms with Gasteiger partial charge in [-0.25, -0.2) is 4.79 Å². The van der Waals surface area contributed by atoms with Crippen LogP contribution in [-0.4, -0.2) is 41.4 Å². The number of urea groups is 1. The lowest BCUT2D eigenvalue weighted by molar-refractivity contribution is -0.125. The predicted octanol–water partition coefficient (Wildman–Crippen LogP) is 1.82. The summed E-state index contributed by atoms with van der Waals surface area (Å²) in [4.78, 5) is 39.8. The zero-order chi connectivity index (χ0) is 16.8. The van der Waals surface area contributed by atoms with Gasteiger partial charge in [0, 0.05) is 18.0 Å². The highest BCUT2D eigenvalue weighted by atomic mass is 32.1. The Kier molecular flexibility index (Phi) is 3.91. The van der Waals surface area contributed by atoms with Gasteiger partial charge in [-0.3, -0.25) is 14.9 Å². The molecular formula is C16H21N3O3S. The van der Waals surface area contributed by atoms with Crippen LogP contribution in [0.4, 0.5) is 4.79 Å². The molecule has 2 aliphatic heterocycles. The van der Waals surface area contributed by atoms with Gasteiger partial charge in [-0.15, -0.1) is 11.3 Å². The highest BCUT2D eigenvalue weighted by Gasteiger charge is 2.48. The van der Waals surface area contributed by atoms with Crippen molar-refractivity contribution in [3.63, 3.8) is 0 Å². The van der Waals surface area contributed by atoms with Crippen LogP contribution in [0.2, 0.25) is 0 Å². The number of hydrogen-bond acceptors (Lipinski definition) is 4. The largest absolute Gasteiger partial charge is 0.338 e. The van der Waals surface area contributed by atoms with Crippen LogP contribution in [0.5, 0.6) is 0 Å². The first-order chi connectivity index (χ1) is 10.8. The van der Waals surface area contributed by atoms with E-state index in [1.807, 2.05) is 24.8 Å². The van der Waals surface area contributed by atoms with Crippen LogP contribution in [-0.2, 0) is 4.79 Å². The molecule has 1 atom stereocenters. The van der Waals surface area contributed by atoms with Crippen LogP contribution in [0.25, 0.3) is 0 Å². The lowest BCUT2D eigenvalue weighted by atomic mass is 9.79. The standard InChI is InChI=1S/C16H21N3O3S/c1-9-8-12(23-10(9)2)13(20)19-6-4-11(5-7-19)16(3)14(21)17-15(22)18-16/h8,11H,4-7H2,1-3H3,(H2,17,18,21,22). The zero-order valence-electron chi connectivity index (χ0n) is 13.6. The van der Waals surface area contributed by atoms with E-state index in [0.29, 0.717) is 25.9 Å². The van der Waals surface area contributed by atoms with Crippen LogP contribution in [0.15, 0.2) is 6.07 Å². The smallest absolute Gasteiger partial charge is 0.322 e. The van der Waals surface area contributed by atoms with Gasteiger partial charge < -0.3 is 10.2 Å². The molecule has 0 radical (unpaired) electrons. The number of carbonyl (C=O) groups excluding carboxylic acids is 3. The third kappa shape index (κ3) is 2.73. The molecule has 0 spiro atoms. The number of rotatable bonds is 2. The fraction of sp³-hybridized carbons (Fsp3) is 0.562. The third-order valence-corrected chi connectivity index (χ3v) is 6.19. The second-order valence-electron chi connectivity index (χ2n) is 6.53. The topological polar surface area (TPSA) is 78.5 Å². The van der Waals surface area contributed by atoms with Crippen molar-refractivity contribution in [2.75, 3.05) is 13.1 Å². The number of likely N-dealkylation sites (tertiary alicyclic amines) is 1. The average Bonchev–Trinajstić information content (AvgIpc) is 2.98. The number of nitrogens with one attached hydrogen (secondary N) is 2. The van der Waals surface area contributed by atoms with Gasteiger partial charge >= 0.3 is 6.03 Å². The minimum absolute atomic E-state index is 0.0461. The number of nitrogens with zero attached hydrogens (tertiary/aromatic N) is 1. The molecule has 0 aromatic carbocycles. The molecule has 2 aliphatic rings. The summed E-state index contributed by atoms with van der Waals surface area (Å²) < 4.78 is 0. The number of amides is 4. The maximum Gasteiger partial charge on any atom is 0.322 e. The first-order valence-electron chi connectivity index (χ1n) is 7.81. The highest BCUT2D eigenvalue weighted by Crippen LogP contribution is 2.32. The second kappa shape index (κ2) is 5.63. The number of carbonyl (C=O) groups is 3. The molecule has 2 fully saturated rings. The van der Waals surface area contributed by atoms with E-state index in [9.17, 15) is 14.4 Å². The molecule has 3 rings (SSSR count). The molecule has 0 saturated carbocycles. The monoisotopic (exact) mass is 335 g/mol. The van der Waals surface area contributed by atoms with E-state index in [-0.39, 0.29) is 17.7 Å². The van der Waals surface area contributed by atoms with Gasteiger partial charge in [-0.05, 0) is 51.2 Å². The average molecular weight is 335 g/mol. The van der Waals surface area contributed by atoms with Crippen molar-refractivity contribution in [3.05, 3.63) is 21.4 Å². The van der Waals surface area contributed by atoms with Crippen molar-refractivity contribution in [2.45, 2.75) is 39.2 Å². The molecule has 1 unspecified atom stereocenters. The molecule has 3 heterocycles. The van der Waals surface area contributed by atoms with Crippen LogP contribution >= 0.6 is 11.3 Å². The Morgan fingerprint density at radius 1 is 1.30 bits per heavy atom. The molecule has 124 valence electrons. The van der Waals surface area contributed by atoms with Gasteiger partial charge in [0.2, 0.25) is 0 Å². The maximum absolute atomic E-state index is 12.6. The second-order valence-corrected chi connectivity index (χ2v) is 7.78. The van der Waals surface area contributed by atoms with Gasteiger partial charge in [0.15, 0.2) is 0 Å². The Morgan fingerprint density at radius 3 is 2.43 bits per heavy atom. The highest BCUT2D eigenvalue weighted by molar-refractivity contribution is 7.14.